The van der Waals surface area contributed by atoms with Crippen LogP contribution in [-0.4, -0.2) is 50.1 Å². The van der Waals surface area contributed by atoms with Crippen LogP contribution >= 0.6 is 0 Å². The highest BCUT2D eigenvalue weighted by molar-refractivity contribution is 6.10. The van der Waals surface area contributed by atoms with Gasteiger partial charge in [-0.15, -0.1) is 13.2 Å². The van der Waals surface area contributed by atoms with Gasteiger partial charge in [-0.1, -0.05) is 0 Å². The highest BCUT2D eigenvalue weighted by atomic mass is 19.4. The van der Waals surface area contributed by atoms with E-state index in [4.69, 9.17) is 9.47 Å². The number of amides is 2. The predicted octanol–water partition coefficient (Wildman–Crippen LogP) is 2.90. The van der Waals surface area contributed by atoms with Crippen molar-refractivity contribution in [3.8, 4) is 5.75 Å². The highest BCUT2D eigenvalue weighted by Gasteiger charge is 2.50. The summed E-state index contributed by atoms with van der Waals surface area (Å²) in [6.45, 7) is 5.54. The Bertz CT molecular complexity index is 830. The Labute approximate surface area is 183 Å². The standard InChI is InChI=1S/C20H26F3N3O6/c1-18(2,3)32-17(29)25-26(13-5-7-14(8-6-13)31-20(21,22)23)15(27)19(16(28)30-4)9-11-24-12-10-19/h5-8,24H,9-12H2,1-4H3,(H,25,29). The third kappa shape index (κ3) is 6.49. The van der Waals surface area contributed by atoms with Crippen LogP contribution in [0.25, 0.3) is 0 Å². The summed E-state index contributed by atoms with van der Waals surface area (Å²) in [5, 5.41) is 3.82. The summed E-state index contributed by atoms with van der Waals surface area (Å²) in [5.41, 5.74) is -0.205. The summed E-state index contributed by atoms with van der Waals surface area (Å²) in [6, 6.07) is 4.24. The van der Waals surface area contributed by atoms with Crippen molar-refractivity contribution in [1.82, 2.24) is 10.7 Å². The van der Waals surface area contributed by atoms with Gasteiger partial charge in [-0.3, -0.25) is 9.59 Å². The van der Waals surface area contributed by atoms with Crippen LogP contribution in [0, 0.1) is 5.41 Å². The van der Waals surface area contributed by atoms with Gasteiger partial charge in [0.05, 0.1) is 12.8 Å². The molecule has 12 heteroatoms. The number of hydrogen-bond donors (Lipinski definition) is 2. The van der Waals surface area contributed by atoms with E-state index in [9.17, 15) is 27.6 Å². The molecule has 0 atom stereocenters. The molecule has 178 valence electrons. The first-order valence-electron chi connectivity index (χ1n) is 9.76. The number of hydrogen-bond acceptors (Lipinski definition) is 7. The Kier molecular flexibility index (Phi) is 7.60. The Balaban J connectivity index is 2.42. The number of esters is 1. The number of hydrazine groups is 1. The van der Waals surface area contributed by atoms with Gasteiger partial charge in [0.2, 0.25) is 0 Å². The molecule has 2 N–H and O–H groups in total. The van der Waals surface area contributed by atoms with Gasteiger partial charge < -0.3 is 19.5 Å². The second kappa shape index (κ2) is 9.63. The molecular formula is C20H26F3N3O6. The molecule has 0 radical (unpaired) electrons. The fourth-order valence-electron chi connectivity index (χ4n) is 3.19. The van der Waals surface area contributed by atoms with Crippen LogP contribution in [-0.2, 0) is 19.1 Å². The van der Waals surface area contributed by atoms with E-state index in [1.165, 1.54) is 0 Å². The van der Waals surface area contributed by atoms with Crippen LogP contribution < -0.4 is 20.5 Å². The van der Waals surface area contributed by atoms with Gasteiger partial charge in [0.25, 0.3) is 5.91 Å². The molecule has 1 saturated heterocycles. The van der Waals surface area contributed by atoms with E-state index in [0.29, 0.717) is 13.1 Å². The lowest BCUT2D eigenvalue weighted by molar-refractivity contribution is -0.274. The molecule has 1 aliphatic heterocycles. The smallest absolute Gasteiger partial charge is 0.468 e. The largest absolute Gasteiger partial charge is 0.573 e. The Morgan fingerprint density at radius 3 is 2.09 bits per heavy atom. The Hall–Kier alpha value is -3.02. The fraction of sp³-hybridized carbons (Fsp3) is 0.550. The fourth-order valence-corrected chi connectivity index (χ4v) is 3.19. The van der Waals surface area contributed by atoms with Crippen molar-refractivity contribution >= 4 is 23.7 Å². The molecule has 9 nitrogen and oxygen atoms in total. The predicted molar refractivity (Wildman–Crippen MR) is 107 cm³/mol. The van der Waals surface area contributed by atoms with Crippen molar-refractivity contribution in [3.05, 3.63) is 24.3 Å². The number of methoxy groups -OCH3 is 1. The lowest BCUT2D eigenvalue weighted by atomic mass is 9.77. The van der Waals surface area contributed by atoms with Gasteiger partial charge in [-0.25, -0.2) is 15.2 Å². The monoisotopic (exact) mass is 461 g/mol. The molecule has 32 heavy (non-hydrogen) atoms. The number of piperidine rings is 1. The number of alkyl halides is 3. The zero-order chi connectivity index (χ0) is 24.2. The first kappa shape index (κ1) is 25.2. The average molecular weight is 461 g/mol. The minimum absolute atomic E-state index is 0.00260. The number of benzene rings is 1. The number of ether oxygens (including phenoxy) is 3. The van der Waals surface area contributed by atoms with Crippen molar-refractivity contribution < 1.29 is 41.8 Å². The summed E-state index contributed by atoms with van der Waals surface area (Å²) in [4.78, 5) is 38.6. The maximum Gasteiger partial charge on any atom is 0.573 e. The topological polar surface area (TPSA) is 106 Å². The van der Waals surface area contributed by atoms with Gasteiger partial charge in [-0.2, -0.15) is 0 Å². The molecule has 0 saturated carbocycles. The van der Waals surface area contributed by atoms with Crippen molar-refractivity contribution in [2.75, 3.05) is 25.2 Å². The van der Waals surface area contributed by atoms with Crippen LogP contribution in [0.1, 0.15) is 33.6 Å². The molecule has 2 amide bonds. The Morgan fingerprint density at radius 2 is 1.62 bits per heavy atom. The van der Waals surface area contributed by atoms with Crippen LogP contribution in [0.3, 0.4) is 0 Å². The van der Waals surface area contributed by atoms with E-state index in [2.05, 4.69) is 15.5 Å². The second-order valence-electron chi connectivity index (χ2n) is 8.12. The average Bonchev–Trinajstić information content (AvgIpc) is 2.69. The van der Waals surface area contributed by atoms with E-state index in [1.54, 1.807) is 20.8 Å². The zero-order valence-corrected chi connectivity index (χ0v) is 18.2. The lowest BCUT2D eigenvalue weighted by Crippen LogP contribution is -2.59. The van der Waals surface area contributed by atoms with E-state index in [1.807, 2.05) is 0 Å². The highest BCUT2D eigenvalue weighted by Crippen LogP contribution is 2.35. The van der Waals surface area contributed by atoms with Crippen molar-refractivity contribution in [3.63, 3.8) is 0 Å². The number of halogens is 3. The molecule has 0 aliphatic carbocycles. The lowest BCUT2D eigenvalue weighted by Gasteiger charge is -2.37. The quantitative estimate of drug-likeness (QED) is 0.403. The van der Waals surface area contributed by atoms with Gasteiger partial charge in [0.1, 0.15) is 11.4 Å². The van der Waals surface area contributed by atoms with Crippen LogP contribution in [0.4, 0.5) is 23.7 Å². The molecular weight excluding hydrogens is 435 g/mol. The molecule has 1 fully saturated rings. The summed E-state index contributed by atoms with van der Waals surface area (Å²) in [5.74, 6) is -2.10. The summed E-state index contributed by atoms with van der Waals surface area (Å²) in [7, 11) is 1.15. The maximum absolute atomic E-state index is 13.6. The number of carbonyl (C=O) groups excluding carboxylic acids is 3. The van der Waals surface area contributed by atoms with Gasteiger partial charge >= 0.3 is 18.4 Å². The van der Waals surface area contributed by atoms with E-state index < -0.39 is 41.1 Å². The summed E-state index contributed by atoms with van der Waals surface area (Å²) in [6.07, 6.45) is -5.69. The molecule has 2 rings (SSSR count). The maximum atomic E-state index is 13.6. The molecule has 0 bridgehead atoms. The molecule has 0 unspecified atom stereocenters. The van der Waals surface area contributed by atoms with E-state index in [-0.39, 0.29) is 18.5 Å². The van der Waals surface area contributed by atoms with Crippen molar-refractivity contribution in [1.29, 1.82) is 0 Å². The molecule has 1 aromatic carbocycles. The minimum Gasteiger partial charge on any atom is -0.468 e. The Morgan fingerprint density at radius 1 is 1.06 bits per heavy atom. The molecule has 0 aromatic heterocycles. The first-order chi connectivity index (χ1) is 14.8. The van der Waals surface area contributed by atoms with Gasteiger partial charge in [-0.05, 0) is 71.0 Å². The molecule has 0 spiro atoms. The second-order valence-corrected chi connectivity index (χ2v) is 8.12. The first-order valence-corrected chi connectivity index (χ1v) is 9.76. The molecule has 1 aliphatic rings. The van der Waals surface area contributed by atoms with Crippen LogP contribution in [0.5, 0.6) is 5.75 Å². The van der Waals surface area contributed by atoms with E-state index >= 15 is 0 Å². The van der Waals surface area contributed by atoms with E-state index in [0.717, 1.165) is 36.4 Å². The summed E-state index contributed by atoms with van der Waals surface area (Å²) >= 11 is 0. The number of anilines is 1. The third-order valence-corrected chi connectivity index (χ3v) is 4.58. The molecule has 1 heterocycles. The summed E-state index contributed by atoms with van der Waals surface area (Å²) < 4.78 is 51.3. The zero-order valence-electron chi connectivity index (χ0n) is 18.2. The number of rotatable bonds is 4. The van der Waals surface area contributed by atoms with Crippen LogP contribution in [0.2, 0.25) is 0 Å². The van der Waals surface area contributed by atoms with Gasteiger partial charge in [0.15, 0.2) is 5.41 Å². The number of carbonyl (C=O) groups is 3. The molecule has 1 aromatic rings. The number of nitrogens with one attached hydrogen (secondary N) is 2. The normalized spacial score (nSPS) is 16.0. The van der Waals surface area contributed by atoms with Gasteiger partial charge in [0, 0.05) is 0 Å². The van der Waals surface area contributed by atoms with Crippen molar-refractivity contribution in [2.24, 2.45) is 5.41 Å². The van der Waals surface area contributed by atoms with Crippen molar-refractivity contribution in [2.45, 2.75) is 45.6 Å². The minimum atomic E-state index is -4.89. The van der Waals surface area contributed by atoms with Crippen LogP contribution in [0.15, 0.2) is 24.3 Å². The third-order valence-electron chi connectivity index (χ3n) is 4.58. The SMILES string of the molecule is COC(=O)C1(C(=O)N(NC(=O)OC(C)(C)C)c2ccc(OC(F)(F)F)cc2)CCNCC1. The number of nitrogens with zero attached hydrogens (tertiary/aromatic N) is 1.